The Balaban J connectivity index is 1.27. The first kappa shape index (κ1) is 27.0. The zero-order valence-corrected chi connectivity index (χ0v) is 26.1. The number of benzene rings is 5. The third kappa shape index (κ3) is 4.07. The maximum absolute atomic E-state index is 7.58. The predicted octanol–water partition coefficient (Wildman–Crippen LogP) is 10.8. The number of rotatable bonds is 3. The van der Waals surface area contributed by atoms with Crippen molar-refractivity contribution in [2.75, 3.05) is 18.0 Å². The molecule has 1 saturated carbocycles. The minimum Gasteiger partial charge on any atom is -0.472 e. The summed E-state index contributed by atoms with van der Waals surface area (Å²) in [5.41, 5.74) is 10.2. The molecule has 0 N–H and O–H groups in total. The van der Waals surface area contributed by atoms with E-state index >= 15 is 0 Å². The zero-order valence-electron chi connectivity index (χ0n) is 26.1. The molecule has 0 aromatic heterocycles. The Hall–Kier alpha value is -4.30. The van der Waals surface area contributed by atoms with Crippen LogP contribution in [0.2, 0.25) is 0 Å². The Labute approximate surface area is 267 Å². The van der Waals surface area contributed by atoms with Gasteiger partial charge in [-0.25, -0.2) is 0 Å². The molecule has 0 radical (unpaired) electrons. The fourth-order valence-electron chi connectivity index (χ4n) is 9.21. The summed E-state index contributed by atoms with van der Waals surface area (Å²) in [6, 6.07) is 38.4. The Bertz CT molecular complexity index is 1910. The molecule has 1 saturated heterocycles. The third-order valence-electron chi connectivity index (χ3n) is 11.3. The number of fused-ring (bicyclic) bond motifs is 10. The molecule has 5 aromatic carbocycles. The first-order valence-electron chi connectivity index (χ1n) is 17.3. The normalized spacial score (nSPS) is 21.6. The van der Waals surface area contributed by atoms with Gasteiger partial charge >= 0.3 is 0 Å². The number of hydrogen-bond acceptors (Lipinski definition) is 2. The number of ether oxygens (including phenoxy) is 1. The van der Waals surface area contributed by atoms with Crippen molar-refractivity contribution in [3.05, 3.63) is 137 Å². The van der Waals surface area contributed by atoms with Crippen LogP contribution in [0.4, 0.5) is 5.69 Å². The highest BCUT2D eigenvalue weighted by Gasteiger charge is 2.48. The van der Waals surface area contributed by atoms with Crippen LogP contribution >= 0.6 is 0 Å². The highest BCUT2D eigenvalue weighted by molar-refractivity contribution is 6.08. The largest absolute Gasteiger partial charge is 0.472 e. The Morgan fingerprint density at radius 3 is 2.00 bits per heavy atom. The smallest absolute Gasteiger partial charge is 0.178 e. The van der Waals surface area contributed by atoms with Gasteiger partial charge in [-0.2, -0.15) is 0 Å². The number of anilines is 1. The summed E-state index contributed by atoms with van der Waals surface area (Å²) in [6.07, 6.45) is 16.3. The van der Waals surface area contributed by atoms with Crippen molar-refractivity contribution in [2.24, 2.45) is 0 Å². The second-order valence-electron chi connectivity index (χ2n) is 13.7. The van der Waals surface area contributed by atoms with Crippen molar-refractivity contribution in [1.82, 2.24) is 0 Å². The van der Waals surface area contributed by atoms with Gasteiger partial charge in [0.15, 0.2) is 5.60 Å². The minimum absolute atomic E-state index is 0.0348. The quantitative estimate of drug-likeness (QED) is 0.208. The summed E-state index contributed by atoms with van der Waals surface area (Å²) in [6.45, 7) is 2.29. The molecule has 2 heterocycles. The molecule has 1 atom stereocenters. The van der Waals surface area contributed by atoms with E-state index in [1.54, 1.807) is 0 Å². The van der Waals surface area contributed by atoms with E-state index in [2.05, 4.69) is 120 Å². The molecule has 1 spiro atoms. The Morgan fingerprint density at radius 2 is 1.22 bits per heavy atom. The summed E-state index contributed by atoms with van der Waals surface area (Å²) in [5, 5.41) is 2.53. The molecule has 9 rings (SSSR count). The van der Waals surface area contributed by atoms with Gasteiger partial charge in [0.05, 0.1) is 0 Å². The molecule has 45 heavy (non-hydrogen) atoms. The molecule has 2 heteroatoms. The summed E-state index contributed by atoms with van der Waals surface area (Å²) < 4.78 is 7.58. The van der Waals surface area contributed by atoms with Gasteiger partial charge in [0.1, 0.15) is 5.75 Å². The van der Waals surface area contributed by atoms with Crippen LogP contribution in [0.3, 0.4) is 0 Å². The molecule has 1 unspecified atom stereocenters. The lowest BCUT2D eigenvalue weighted by Crippen LogP contribution is -2.35. The van der Waals surface area contributed by atoms with Gasteiger partial charge in [-0.15, -0.1) is 0 Å². The van der Waals surface area contributed by atoms with E-state index in [9.17, 15) is 0 Å². The van der Waals surface area contributed by atoms with E-state index in [4.69, 9.17) is 4.74 Å². The molecule has 2 fully saturated rings. The van der Waals surface area contributed by atoms with Gasteiger partial charge in [0.2, 0.25) is 0 Å². The van der Waals surface area contributed by atoms with Gasteiger partial charge in [-0.1, -0.05) is 123 Å². The van der Waals surface area contributed by atoms with E-state index in [0.29, 0.717) is 0 Å². The lowest BCUT2D eigenvalue weighted by Gasteiger charge is -2.40. The highest BCUT2D eigenvalue weighted by atomic mass is 16.5. The Morgan fingerprint density at radius 1 is 0.578 bits per heavy atom. The predicted molar refractivity (Wildman–Crippen MR) is 187 cm³/mol. The van der Waals surface area contributed by atoms with Crippen molar-refractivity contribution in [1.29, 1.82) is 0 Å². The fourth-order valence-corrected chi connectivity index (χ4v) is 9.21. The van der Waals surface area contributed by atoms with Gasteiger partial charge in [-0.05, 0) is 78.0 Å². The Kier molecular flexibility index (Phi) is 6.40. The van der Waals surface area contributed by atoms with E-state index < -0.39 is 5.60 Å². The maximum Gasteiger partial charge on any atom is 0.178 e. The summed E-state index contributed by atoms with van der Waals surface area (Å²) >= 11 is 0. The number of piperidine rings is 1. The summed E-state index contributed by atoms with van der Waals surface area (Å²) in [7, 11) is 0. The van der Waals surface area contributed by atoms with Gasteiger partial charge in [0.25, 0.3) is 0 Å². The van der Waals surface area contributed by atoms with Crippen LogP contribution in [0, 0.1) is 0 Å². The fraction of sp³-hybridized carbons (Fsp3) is 0.302. The van der Waals surface area contributed by atoms with E-state index in [1.807, 2.05) is 0 Å². The number of nitrogens with zero attached hydrogens (tertiary/aromatic N) is 1. The van der Waals surface area contributed by atoms with Crippen LogP contribution in [0.1, 0.15) is 85.6 Å². The molecule has 224 valence electrons. The molecule has 0 bridgehead atoms. The molecule has 2 nitrogen and oxygen atoms in total. The summed E-state index contributed by atoms with van der Waals surface area (Å²) in [5.74, 6) is 1.03. The molecule has 4 aliphatic rings. The van der Waals surface area contributed by atoms with Crippen molar-refractivity contribution in [2.45, 2.75) is 68.8 Å². The van der Waals surface area contributed by atoms with Crippen LogP contribution in [-0.2, 0) is 11.0 Å². The van der Waals surface area contributed by atoms with E-state index in [-0.39, 0.29) is 5.41 Å². The minimum atomic E-state index is -0.715. The summed E-state index contributed by atoms with van der Waals surface area (Å²) in [4.78, 5) is 2.54. The maximum atomic E-state index is 7.58. The van der Waals surface area contributed by atoms with Crippen molar-refractivity contribution in [3.63, 3.8) is 0 Å². The van der Waals surface area contributed by atoms with Crippen LogP contribution in [0.25, 0.3) is 28.0 Å². The average Bonchev–Trinajstić information content (AvgIpc) is 3.22. The van der Waals surface area contributed by atoms with E-state index in [0.717, 1.165) is 24.4 Å². The first-order chi connectivity index (χ1) is 22.3. The van der Waals surface area contributed by atoms with Gasteiger partial charge in [-0.3, -0.25) is 0 Å². The SMILES string of the molecule is C1=CC(c2ccccc2)(c2ccc(N3CCCCC3)cc2)Oc2c1c1c(c3ccccc23)-c2ccccc2C12CCCCCC2. The van der Waals surface area contributed by atoms with Crippen LogP contribution in [-0.4, -0.2) is 13.1 Å². The molecule has 0 amide bonds. The van der Waals surface area contributed by atoms with Crippen LogP contribution < -0.4 is 9.64 Å². The second kappa shape index (κ2) is 10.7. The third-order valence-corrected chi connectivity index (χ3v) is 11.3. The van der Waals surface area contributed by atoms with Crippen molar-refractivity contribution < 1.29 is 4.74 Å². The van der Waals surface area contributed by atoms with Crippen molar-refractivity contribution in [3.8, 4) is 16.9 Å². The molecular formula is C43H41NO. The second-order valence-corrected chi connectivity index (χ2v) is 13.7. The topological polar surface area (TPSA) is 12.5 Å². The average molecular weight is 588 g/mol. The molecule has 2 aliphatic heterocycles. The lowest BCUT2D eigenvalue weighted by atomic mass is 9.70. The van der Waals surface area contributed by atoms with Crippen LogP contribution in [0.15, 0.2) is 109 Å². The van der Waals surface area contributed by atoms with Crippen LogP contribution in [0.5, 0.6) is 5.75 Å². The standard InChI is InChI=1S/C43H41NO/c1-2-12-27-42(26-11-1)38-20-10-9-19-36(38)39-34-17-7-8-18-35(34)41-37(40(39)42)25-28-43(45-41,31-15-5-3-6-16-31)32-21-23-33(24-22-32)44-29-13-4-14-30-44/h3,5-10,15-25,28H,1-2,4,11-14,26-27,29-30H2. The van der Waals surface area contributed by atoms with Gasteiger partial charge < -0.3 is 9.64 Å². The zero-order chi connectivity index (χ0) is 29.8. The monoisotopic (exact) mass is 587 g/mol. The van der Waals surface area contributed by atoms with Gasteiger partial charge in [0, 0.05) is 46.3 Å². The van der Waals surface area contributed by atoms with E-state index in [1.165, 1.54) is 108 Å². The lowest BCUT2D eigenvalue weighted by molar-refractivity contribution is 0.163. The first-order valence-corrected chi connectivity index (χ1v) is 17.3. The number of hydrogen-bond donors (Lipinski definition) is 0. The highest BCUT2D eigenvalue weighted by Crippen LogP contribution is 2.61. The van der Waals surface area contributed by atoms with Crippen molar-refractivity contribution >= 4 is 22.5 Å². The molecule has 5 aromatic rings. The molecule has 2 aliphatic carbocycles. The molecular weight excluding hydrogens is 546 g/mol.